The maximum atomic E-state index is 12.0. The quantitative estimate of drug-likeness (QED) is 0.746. The van der Waals surface area contributed by atoms with Crippen LogP contribution in [-0.4, -0.2) is 30.2 Å². The minimum absolute atomic E-state index is 0.109. The molecule has 1 fully saturated rings. The number of hydrogen-bond donors (Lipinski definition) is 0. The minimum Gasteiger partial charge on any atom is -0.274 e. The Bertz CT molecular complexity index is 529. The van der Waals surface area contributed by atoms with Gasteiger partial charge in [0.1, 0.15) is 10.0 Å². The molecule has 0 atom stereocenters. The molecular weight excluding hydrogens is 252 g/mol. The number of pyridine rings is 1. The lowest BCUT2D eigenvalue weighted by atomic mass is 10.4. The normalized spacial score (nSPS) is 16.8. The van der Waals surface area contributed by atoms with Gasteiger partial charge in [-0.05, 0) is 18.6 Å². The summed E-state index contributed by atoms with van der Waals surface area (Å²) in [5.74, 6) is -0.389. The molecule has 0 radical (unpaired) electrons. The predicted molar refractivity (Wildman–Crippen MR) is 57.4 cm³/mol. The summed E-state index contributed by atoms with van der Waals surface area (Å²) in [6.07, 6.45) is 2.21. The highest BCUT2D eigenvalue weighted by molar-refractivity contribution is 7.89. The number of aromatic nitrogens is 1. The second-order valence-electron chi connectivity index (χ2n) is 3.37. The van der Waals surface area contributed by atoms with Gasteiger partial charge in [-0.1, -0.05) is 11.6 Å². The summed E-state index contributed by atoms with van der Waals surface area (Å²) in [6, 6.07) is 2.82. The Kier molecular flexibility index (Phi) is 2.86. The second-order valence-corrected chi connectivity index (χ2v) is 5.56. The number of sulfonamides is 1. The smallest absolute Gasteiger partial charge is 0.269 e. The van der Waals surface area contributed by atoms with Crippen molar-refractivity contribution in [2.24, 2.45) is 0 Å². The van der Waals surface area contributed by atoms with Crippen LogP contribution in [-0.2, 0) is 14.8 Å². The second kappa shape index (κ2) is 4.03. The van der Waals surface area contributed by atoms with Gasteiger partial charge in [-0.15, -0.1) is 0 Å². The Morgan fingerprint density at radius 2 is 2.19 bits per heavy atom. The Labute approximate surface area is 98.1 Å². The fourth-order valence-corrected chi connectivity index (χ4v) is 3.45. The van der Waals surface area contributed by atoms with Gasteiger partial charge in [-0.2, -0.15) is 0 Å². The van der Waals surface area contributed by atoms with Crippen molar-refractivity contribution in [1.29, 1.82) is 0 Å². The van der Waals surface area contributed by atoms with Crippen molar-refractivity contribution in [2.45, 2.75) is 17.7 Å². The number of hydrogen-bond acceptors (Lipinski definition) is 4. The molecular formula is C9H9ClN2O3S. The monoisotopic (exact) mass is 260 g/mol. The summed E-state index contributed by atoms with van der Waals surface area (Å²) in [7, 11) is -3.83. The minimum atomic E-state index is -3.83. The number of carbonyl (C=O) groups excluding carboxylic acids is 1. The van der Waals surface area contributed by atoms with E-state index in [2.05, 4.69) is 4.98 Å². The fraction of sp³-hybridized carbons (Fsp3) is 0.333. The lowest BCUT2D eigenvalue weighted by Gasteiger charge is -2.16. The van der Waals surface area contributed by atoms with Crippen LogP contribution < -0.4 is 0 Å². The van der Waals surface area contributed by atoms with Crippen LogP contribution in [0.5, 0.6) is 0 Å². The van der Waals surface area contributed by atoms with E-state index in [1.54, 1.807) is 0 Å². The predicted octanol–water partition coefficient (Wildman–Crippen LogP) is 1.05. The first-order valence-electron chi connectivity index (χ1n) is 4.69. The van der Waals surface area contributed by atoms with Crippen LogP contribution in [0.1, 0.15) is 12.8 Å². The van der Waals surface area contributed by atoms with Gasteiger partial charge in [0, 0.05) is 19.2 Å². The molecule has 0 unspecified atom stereocenters. The van der Waals surface area contributed by atoms with Gasteiger partial charge in [0.05, 0.1) is 0 Å². The molecule has 86 valence electrons. The maximum Gasteiger partial charge on any atom is 0.269 e. The van der Waals surface area contributed by atoms with Crippen molar-refractivity contribution in [2.75, 3.05) is 6.54 Å². The van der Waals surface area contributed by atoms with Crippen LogP contribution in [0.25, 0.3) is 0 Å². The zero-order chi connectivity index (χ0) is 11.8. The molecule has 0 aromatic carbocycles. The van der Waals surface area contributed by atoms with E-state index >= 15 is 0 Å². The van der Waals surface area contributed by atoms with Gasteiger partial charge < -0.3 is 0 Å². The molecule has 0 saturated carbocycles. The molecule has 16 heavy (non-hydrogen) atoms. The standard InChI is InChI=1S/C9H9ClN2O3S/c10-9-7(3-1-5-11-9)16(14,15)12-6-2-4-8(12)13/h1,3,5H,2,4,6H2. The molecule has 1 aliphatic rings. The van der Waals surface area contributed by atoms with E-state index < -0.39 is 10.0 Å². The summed E-state index contributed by atoms with van der Waals surface area (Å²) in [4.78, 5) is 15.0. The van der Waals surface area contributed by atoms with E-state index in [4.69, 9.17) is 11.6 Å². The van der Waals surface area contributed by atoms with Crippen molar-refractivity contribution in [3.63, 3.8) is 0 Å². The first-order chi connectivity index (χ1) is 7.53. The number of carbonyl (C=O) groups is 1. The van der Waals surface area contributed by atoms with Crippen LogP contribution >= 0.6 is 11.6 Å². The average molecular weight is 261 g/mol. The van der Waals surface area contributed by atoms with Crippen LogP contribution in [0.4, 0.5) is 0 Å². The third kappa shape index (κ3) is 1.78. The highest BCUT2D eigenvalue weighted by Crippen LogP contribution is 2.25. The van der Waals surface area contributed by atoms with E-state index in [-0.39, 0.29) is 28.9 Å². The maximum absolute atomic E-state index is 12.0. The Hall–Kier alpha value is -1.14. The number of nitrogens with zero attached hydrogens (tertiary/aromatic N) is 2. The van der Waals surface area contributed by atoms with E-state index in [0.717, 1.165) is 4.31 Å². The number of halogens is 1. The molecule has 2 heterocycles. The third-order valence-corrected chi connectivity index (χ3v) is 4.59. The molecule has 1 amide bonds. The first-order valence-corrected chi connectivity index (χ1v) is 6.51. The average Bonchev–Trinajstić information content (AvgIpc) is 2.65. The van der Waals surface area contributed by atoms with Crippen LogP contribution in [0.15, 0.2) is 23.2 Å². The van der Waals surface area contributed by atoms with E-state index in [1.807, 2.05) is 0 Å². The molecule has 7 heteroatoms. The zero-order valence-corrected chi connectivity index (χ0v) is 9.83. The lowest BCUT2D eigenvalue weighted by Crippen LogP contribution is -2.32. The Morgan fingerprint density at radius 1 is 1.44 bits per heavy atom. The van der Waals surface area contributed by atoms with Crippen molar-refractivity contribution in [3.8, 4) is 0 Å². The molecule has 0 N–H and O–H groups in total. The van der Waals surface area contributed by atoms with E-state index in [1.165, 1.54) is 18.3 Å². The summed E-state index contributed by atoms with van der Waals surface area (Å²) >= 11 is 5.71. The lowest BCUT2D eigenvalue weighted by molar-refractivity contribution is -0.123. The van der Waals surface area contributed by atoms with Crippen molar-refractivity contribution in [3.05, 3.63) is 23.5 Å². The number of rotatable bonds is 2. The Balaban J connectivity index is 2.47. The highest BCUT2D eigenvalue weighted by atomic mass is 35.5. The SMILES string of the molecule is O=C1CCCN1S(=O)(=O)c1cccnc1Cl. The topological polar surface area (TPSA) is 67.3 Å². The van der Waals surface area contributed by atoms with Crippen molar-refractivity contribution < 1.29 is 13.2 Å². The van der Waals surface area contributed by atoms with Crippen LogP contribution in [0.2, 0.25) is 5.15 Å². The Morgan fingerprint density at radius 3 is 2.75 bits per heavy atom. The molecule has 1 aromatic rings. The molecule has 0 spiro atoms. The molecule has 0 bridgehead atoms. The van der Waals surface area contributed by atoms with Crippen molar-refractivity contribution in [1.82, 2.24) is 9.29 Å². The number of amides is 1. The molecule has 2 rings (SSSR count). The summed E-state index contributed by atoms with van der Waals surface area (Å²) in [6.45, 7) is 0.215. The van der Waals surface area contributed by atoms with Gasteiger partial charge in [0.15, 0.2) is 0 Å². The largest absolute Gasteiger partial charge is 0.274 e. The highest BCUT2D eigenvalue weighted by Gasteiger charge is 2.34. The molecule has 1 aliphatic heterocycles. The summed E-state index contributed by atoms with van der Waals surface area (Å²) in [5, 5.41) is -0.109. The van der Waals surface area contributed by atoms with Crippen molar-refractivity contribution >= 4 is 27.5 Å². The van der Waals surface area contributed by atoms with E-state index in [9.17, 15) is 13.2 Å². The molecule has 0 aliphatic carbocycles. The fourth-order valence-electron chi connectivity index (χ4n) is 1.56. The van der Waals surface area contributed by atoms with E-state index in [0.29, 0.717) is 6.42 Å². The molecule has 5 nitrogen and oxygen atoms in total. The summed E-state index contributed by atoms with van der Waals surface area (Å²) < 4.78 is 24.9. The molecule has 1 aromatic heterocycles. The van der Waals surface area contributed by atoms with Gasteiger partial charge in [-0.25, -0.2) is 17.7 Å². The van der Waals surface area contributed by atoms with Gasteiger partial charge in [0.25, 0.3) is 10.0 Å². The van der Waals surface area contributed by atoms with Gasteiger partial charge in [-0.3, -0.25) is 4.79 Å². The third-order valence-electron chi connectivity index (χ3n) is 2.32. The van der Waals surface area contributed by atoms with Gasteiger partial charge in [0.2, 0.25) is 5.91 Å². The zero-order valence-electron chi connectivity index (χ0n) is 8.26. The first kappa shape index (κ1) is 11.3. The van der Waals surface area contributed by atoms with Crippen LogP contribution in [0, 0.1) is 0 Å². The van der Waals surface area contributed by atoms with Gasteiger partial charge >= 0.3 is 0 Å². The molecule has 1 saturated heterocycles. The summed E-state index contributed by atoms with van der Waals surface area (Å²) in [5.41, 5.74) is 0. The van der Waals surface area contributed by atoms with Crippen LogP contribution in [0.3, 0.4) is 0 Å².